The molecule has 0 spiro atoms. The van der Waals surface area contributed by atoms with Crippen LogP contribution in [0.3, 0.4) is 0 Å². The fraction of sp³-hybridized carbons (Fsp3) is 0.294. The third kappa shape index (κ3) is 2.63. The quantitative estimate of drug-likeness (QED) is 0.744. The summed E-state index contributed by atoms with van der Waals surface area (Å²) in [6.07, 6.45) is 3.22. The Kier molecular flexibility index (Phi) is 3.70. The smallest absolute Gasteiger partial charge is 0.274 e. The van der Waals surface area contributed by atoms with E-state index in [4.69, 9.17) is 0 Å². The van der Waals surface area contributed by atoms with Crippen LogP contribution in [0.15, 0.2) is 30.6 Å². The Labute approximate surface area is 139 Å². The average Bonchev–Trinajstić information content (AvgIpc) is 3.02. The molecule has 7 nitrogen and oxygen atoms in total. The van der Waals surface area contributed by atoms with Gasteiger partial charge in [-0.25, -0.2) is 4.98 Å². The topological polar surface area (TPSA) is 86.8 Å². The number of piperazine rings is 1. The number of hydrogen-bond donors (Lipinski definition) is 2. The molecule has 1 aliphatic rings. The van der Waals surface area contributed by atoms with Crippen LogP contribution in [0.4, 0.5) is 0 Å². The number of hydrogen-bond acceptors (Lipinski definition) is 5. The zero-order valence-electron chi connectivity index (χ0n) is 13.4. The monoisotopic (exact) mass is 322 g/mol. The molecule has 0 radical (unpaired) electrons. The Balaban J connectivity index is 1.60. The van der Waals surface area contributed by atoms with Crippen molar-refractivity contribution in [1.82, 2.24) is 30.4 Å². The third-order valence-corrected chi connectivity index (χ3v) is 4.32. The van der Waals surface area contributed by atoms with Gasteiger partial charge in [-0.05, 0) is 19.1 Å². The number of amides is 1. The molecule has 2 aromatic heterocycles. The highest BCUT2D eigenvalue weighted by Gasteiger charge is 2.19. The molecular weight excluding hydrogens is 304 g/mol. The van der Waals surface area contributed by atoms with Crippen molar-refractivity contribution in [2.45, 2.75) is 6.92 Å². The third-order valence-electron chi connectivity index (χ3n) is 4.32. The molecule has 0 atom stereocenters. The van der Waals surface area contributed by atoms with Crippen molar-refractivity contribution in [2.75, 3.05) is 26.2 Å². The highest BCUT2D eigenvalue weighted by Crippen LogP contribution is 2.23. The molecule has 0 saturated carbocycles. The van der Waals surface area contributed by atoms with Crippen LogP contribution in [0.1, 0.15) is 16.2 Å². The lowest BCUT2D eigenvalue weighted by molar-refractivity contribution is 0.0729. The summed E-state index contributed by atoms with van der Waals surface area (Å²) in [5, 5.41) is 11.5. The predicted molar refractivity (Wildman–Crippen MR) is 90.6 cm³/mol. The van der Waals surface area contributed by atoms with Gasteiger partial charge in [0.05, 0.1) is 23.6 Å². The molecule has 1 aliphatic heterocycles. The molecule has 0 bridgehead atoms. The number of aromatic amines is 1. The summed E-state index contributed by atoms with van der Waals surface area (Å²) in [7, 11) is 0. The van der Waals surface area contributed by atoms with E-state index < -0.39 is 0 Å². The molecule has 2 N–H and O–H groups in total. The van der Waals surface area contributed by atoms with Gasteiger partial charge in [0.25, 0.3) is 5.91 Å². The fourth-order valence-corrected chi connectivity index (χ4v) is 2.91. The van der Waals surface area contributed by atoms with Gasteiger partial charge >= 0.3 is 0 Å². The summed E-state index contributed by atoms with van der Waals surface area (Å²) in [6, 6.07) is 5.95. The van der Waals surface area contributed by atoms with Crippen LogP contribution in [0.2, 0.25) is 0 Å². The first kappa shape index (κ1) is 14.8. The van der Waals surface area contributed by atoms with Crippen LogP contribution in [-0.4, -0.2) is 57.2 Å². The molecule has 1 fully saturated rings. The highest BCUT2D eigenvalue weighted by molar-refractivity contribution is 5.92. The van der Waals surface area contributed by atoms with Gasteiger partial charge in [0, 0.05) is 42.8 Å². The largest absolute Gasteiger partial charge is 0.335 e. The van der Waals surface area contributed by atoms with Crippen molar-refractivity contribution < 1.29 is 4.79 Å². The molecule has 0 unspecified atom stereocenters. The standard InChI is InChI=1S/C17H18N6O/c1-11-13-8-12(2-3-14(13)22-21-11)15-9-20-16(10-19-15)17(24)23-6-4-18-5-7-23/h2-3,8-10,18H,4-7H2,1H3,(H,21,22). The lowest BCUT2D eigenvalue weighted by Gasteiger charge is -2.26. The van der Waals surface area contributed by atoms with Crippen LogP contribution in [0.25, 0.3) is 22.2 Å². The summed E-state index contributed by atoms with van der Waals surface area (Å²) in [5.41, 5.74) is 4.04. The number of carbonyl (C=O) groups is 1. The molecular formula is C17H18N6O. The number of nitrogens with one attached hydrogen (secondary N) is 2. The van der Waals surface area contributed by atoms with E-state index in [9.17, 15) is 4.79 Å². The minimum absolute atomic E-state index is 0.0586. The molecule has 1 aromatic carbocycles. The van der Waals surface area contributed by atoms with Crippen LogP contribution in [0.5, 0.6) is 0 Å². The first-order chi connectivity index (χ1) is 11.7. The number of benzene rings is 1. The molecule has 24 heavy (non-hydrogen) atoms. The van der Waals surface area contributed by atoms with Crippen molar-refractivity contribution in [3.8, 4) is 11.3 Å². The normalized spacial score (nSPS) is 15.0. The van der Waals surface area contributed by atoms with Gasteiger partial charge in [-0.3, -0.25) is 14.9 Å². The SMILES string of the molecule is Cc1[nH]nc2ccc(-c3cnc(C(=O)N4CCNCC4)cn3)cc12. The van der Waals surface area contributed by atoms with Crippen LogP contribution in [0, 0.1) is 6.92 Å². The van der Waals surface area contributed by atoms with Gasteiger partial charge in [0.15, 0.2) is 0 Å². The van der Waals surface area contributed by atoms with Gasteiger partial charge in [-0.2, -0.15) is 5.10 Å². The second-order valence-electron chi connectivity index (χ2n) is 5.91. The number of rotatable bonds is 2. The fourth-order valence-electron chi connectivity index (χ4n) is 2.91. The molecule has 1 amide bonds. The summed E-state index contributed by atoms with van der Waals surface area (Å²) >= 11 is 0. The summed E-state index contributed by atoms with van der Waals surface area (Å²) in [4.78, 5) is 23.0. The van der Waals surface area contributed by atoms with Gasteiger partial charge in [0.1, 0.15) is 5.69 Å². The van der Waals surface area contributed by atoms with Gasteiger partial charge in [-0.15, -0.1) is 0 Å². The Morgan fingerprint density at radius 3 is 2.75 bits per heavy atom. The Bertz CT molecular complexity index is 880. The number of carbonyl (C=O) groups excluding carboxylic acids is 1. The van der Waals surface area contributed by atoms with E-state index in [2.05, 4.69) is 25.5 Å². The Morgan fingerprint density at radius 1 is 1.17 bits per heavy atom. The molecule has 0 aliphatic carbocycles. The first-order valence-electron chi connectivity index (χ1n) is 7.99. The van der Waals surface area contributed by atoms with Crippen LogP contribution in [-0.2, 0) is 0 Å². The molecule has 3 heterocycles. The highest BCUT2D eigenvalue weighted by atomic mass is 16.2. The van der Waals surface area contributed by atoms with E-state index in [1.807, 2.05) is 25.1 Å². The lowest BCUT2D eigenvalue weighted by Crippen LogP contribution is -2.46. The van der Waals surface area contributed by atoms with Crippen LogP contribution < -0.4 is 5.32 Å². The van der Waals surface area contributed by atoms with Gasteiger partial charge in [0.2, 0.25) is 0 Å². The van der Waals surface area contributed by atoms with Crippen molar-refractivity contribution in [3.05, 3.63) is 42.0 Å². The summed E-state index contributed by atoms with van der Waals surface area (Å²) in [5.74, 6) is -0.0586. The van der Waals surface area contributed by atoms with E-state index in [0.717, 1.165) is 40.9 Å². The average molecular weight is 322 g/mol. The van der Waals surface area contributed by atoms with Crippen molar-refractivity contribution in [2.24, 2.45) is 0 Å². The number of aromatic nitrogens is 4. The van der Waals surface area contributed by atoms with Crippen molar-refractivity contribution >= 4 is 16.8 Å². The molecule has 122 valence electrons. The lowest BCUT2D eigenvalue weighted by atomic mass is 10.1. The van der Waals surface area contributed by atoms with Gasteiger partial charge < -0.3 is 10.2 Å². The number of nitrogens with zero attached hydrogens (tertiary/aromatic N) is 4. The zero-order chi connectivity index (χ0) is 16.5. The maximum Gasteiger partial charge on any atom is 0.274 e. The first-order valence-corrected chi connectivity index (χ1v) is 7.99. The van der Waals surface area contributed by atoms with Crippen molar-refractivity contribution in [1.29, 1.82) is 0 Å². The number of fused-ring (bicyclic) bond motifs is 1. The number of aryl methyl sites for hydroxylation is 1. The maximum atomic E-state index is 12.4. The maximum absolute atomic E-state index is 12.4. The zero-order valence-corrected chi connectivity index (χ0v) is 13.4. The minimum Gasteiger partial charge on any atom is -0.335 e. The van der Waals surface area contributed by atoms with E-state index >= 15 is 0 Å². The minimum atomic E-state index is -0.0586. The van der Waals surface area contributed by atoms with Crippen LogP contribution >= 0.6 is 0 Å². The van der Waals surface area contributed by atoms with E-state index in [1.54, 1.807) is 17.3 Å². The molecule has 3 aromatic rings. The Morgan fingerprint density at radius 2 is 2.00 bits per heavy atom. The molecule has 4 rings (SSSR count). The second-order valence-corrected chi connectivity index (χ2v) is 5.91. The van der Waals surface area contributed by atoms with Crippen molar-refractivity contribution in [3.63, 3.8) is 0 Å². The second kappa shape index (κ2) is 6.01. The van der Waals surface area contributed by atoms with E-state index in [-0.39, 0.29) is 5.91 Å². The summed E-state index contributed by atoms with van der Waals surface area (Å²) in [6.45, 7) is 5.04. The van der Waals surface area contributed by atoms with E-state index in [1.165, 1.54) is 0 Å². The Hall–Kier alpha value is -2.80. The van der Waals surface area contributed by atoms with Gasteiger partial charge in [-0.1, -0.05) is 6.07 Å². The summed E-state index contributed by atoms with van der Waals surface area (Å²) < 4.78 is 0. The predicted octanol–water partition coefficient (Wildman–Crippen LogP) is 1.37. The number of H-pyrrole nitrogens is 1. The van der Waals surface area contributed by atoms with E-state index in [0.29, 0.717) is 18.8 Å². The molecule has 7 heteroatoms. The molecule has 1 saturated heterocycles.